The molecule has 6 nitrogen and oxygen atoms in total. The van der Waals surface area contributed by atoms with Crippen molar-refractivity contribution < 1.29 is 8.83 Å². The summed E-state index contributed by atoms with van der Waals surface area (Å²) in [5.41, 5.74) is 4.64. The highest BCUT2D eigenvalue weighted by molar-refractivity contribution is 5.77. The number of nitrogens with zero attached hydrogens (tertiary/aromatic N) is 3. The monoisotopic (exact) mass is 401 g/mol. The maximum absolute atomic E-state index is 13.1. The van der Waals surface area contributed by atoms with Crippen LogP contribution >= 0.6 is 0 Å². The molecule has 4 aromatic rings. The van der Waals surface area contributed by atoms with Crippen LogP contribution in [0.5, 0.6) is 0 Å². The summed E-state index contributed by atoms with van der Waals surface area (Å²) in [5, 5.41) is 0.655. The number of rotatable bonds is 4. The van der Waals surface area contributed by atoms with Gasteiger partial charge in [0.15, 0.2) is 17.0 Å². The molecule has 152 valence electrons. The molecule has 0 saturated carbocycles. The Labute approximate surface area is 174 Å². The molecule has 6 heteroatoms. The average molecular weight is 401 g/mol. The van der Waals surface area contributed by atoms with Gasteiger partial charge in [0.2, 0.25) is 0 Å². The first-order valence-electron chi connectivity index (χ1n) is 10.2. The molecule has 0 fully saturated rings. The molecule has 1 aliphatic rings. The van der Waals surface area contributed by atoms with Gasteiger partial charge in [-0.1, -0.05) is 19.9 Å². The smallest absolute Gasteiger partial charge is 0.197 e. The highest BCUT2D eigenvalue weighted by atomic mass is 16.3. The van der Waals surface area contributed by atoms with Crippen LogP contribution in [-0.2, 0) is 19.5 Å². The van der Waals surface area contributed by atoms with Crippen molar-refractivity contribution in [2.24, 2.45) is 0 Å². The summed E-state index contributed by atoms with van der Waals surface area (Å²) in [7, 11) is 0. The summed E-state index contributed by atoms with van der Waals surface area (Å²) in [4.78, 5) is 24.4. The number of hydrogen-bond acceptors (Lipinski definition) is 6. The van der Waals surface area contributed by atoms with Gasteiger partial charge in [-0.15, -0.1) is 0 Å². The standard InChI is InChI=1S/C24H23N3O3/c1-15(2)16-5-6-21-19(10-16)23(28)18(14-30-21)13-27-8-7-20-17(12-27)11-25-24(26-20)22-4-3-9-29-22/h3-6,9-11,14-15H,7-8,12-13H2,1-2H3. The van der Waals surface area contributed by atoms with Crippen molar-refractivity contribution in [2.75, 3.05) is 6.54 Å². The van der Waals surface area contributed by atoms with Crippen LogP contribution in [0, 0.1) is 0 Å². The predicted octanol–water partition coefficient (Wildman–Crippen LogP) is 4.52. The second-order valence-electron chi connectivity index (χ2n) is 8.10. The molecule has 4 heterocycles. The fourth-order valence-corrected chi connectivity index (χ4v) is 3.93. The van der Waals surface area contributed by atoms with Crippen LogP contribution in [0.2, 0.25) is 0 Å². The van der Waals surface area contributed by atoms with Crippen LogP contribution in [0.3, 0.4) is 0 Å². The Morgan fingerprint density at radius 1 is 1.20 bits per heavy atom. The van der Waals surface area contributed by atoms with E-state index < -0.39 is 0 Å². The van der Waals surface area contributed by atoms with E-state index in [1.807, 2.05) is 36.5 Å². The first kappa shape index (κ1) is 18.8. The molecule has 1 aliphatic heterocycles. The highest BCUT2D eigenvalue weighted by Gasteiger charge is 2.21. The van der Waals surface area contributed by atoms with Gasteiger partial charge in [-0.25, -0.2) is 9.97 Å². The van der Waals surface area contributed by atoms with Gasteiger partial charge in [0.25, 0.3) is 0 Å². The maximum Gasteiger partial charge on any atom is 0.197 e. The van der Waals surface area contributed by atoms with Gasteiger partial charge in [0, 0.05) is 43.4 Å². The lowest BCUT2D eigenvalue weighted by atomic mass is 10.0. The molecule has 0 amide bonds. The van der Waals surface area contributed by atoms with Crippen molar-refractivity contribution >= 4 is 11.0 Å². The normalized spacial score (nSPS) is 14.4. The topological polar surface area (TPSA) is 72.4 Å². The highest BCUT2D eigenvalue weighted by Crippen LogP contribution is 2.23. The molecule has 0 N–H and O–H groups in total. The van der Waals surface area contributed by atoms with Crippen LogP contribution in [-0.4, -0.2) is 21.4 Å². The van der Waals surface area contributed by atoms with E-state index in [0.29, 0.717) is 47.1 Å². The van der Waals surface area contributed by atoms with Gasteiger partial charge in [-0.3, -0.25) is 9.69 Å². The molecular weight excluding hydrogens is 378 g/mol. The summed E-state index contributed by atoms with van der Waals surface area (Å²) < 4.78 is 11.2. The van der Waals surface area contributed by atoms with E-state index in [-0.39, 0.29) is 5.43 Å². The number of aromatic nitrogens is 2. The van der Waals surface area contributed by atoms with E-state index in [0.717, 1.165) is 29.8 Å². The Kier molecular flexibility index (Phi) is 4.71. The summed E-state index contributed by atoms with van der Waals surface area (Å²) in [6.45, 7) is 6.32. The first-order chi connectivity index (χ1) is 14.6. The van der Waals surface area contributed by atoms with Crippen LogP contribution in [0.15, 0.2) is 62.7 Å². The molecule has 0 saturated heterocycles. The third-order valence-electron chi connectivity index (χ3n) is 5.68. The first-order valence-corrected chi connectivity index (χ1v) is 10.2. The lowest BCUT2D eigenvalue weighted by Crippen LogP contribution is -2.32. The Bertz CT molecular complexity index is 1260. The van der Waals surface area contributed by atoms with Crippen LogP contribution in [0.25, 0.3) is 22.6 Å². The van der Waals surface area contributed by atoms with Gasteiger partial charge in [0.1, 0.15) is 5.58 Å². The molecule has 0 aliphatic carbocycles. The third kappa shape index (κ3) is 3.44. The Balaban J connectivity index is 1.39. The molecule has 0 spiro atoms. The number of hydrogen-bond donors (Lipinski definition) is 0. The molecule has 0 unspecified atom stereocenters. The largest absolute Gasteiger partial charge is 0.464 e. The van der Waals surface area contributed by atoms with Gasteiger partial charge >= 0.3 is 0 Å². The zero-order valence-electron chi connectivity index (χ0n) is 17.1. The third-order valence-corrected chi connectivity index (χ3v) is 5.68. The fraction of sp³-hybridized carbons (Fsp3) is 0.292. The second-order valence-corrected chi connectivity index (χ2v) is 8.10. The minimum Gasteiger partial charge on any atom is -0.464 e. The lowest BCUT2D eigenvalue weighted by Gasteiger charge is -2.27. The van der Waals surface area contributed by atoms with Crippen molar-refractivity contribution in [3.63, 3.8) is 0 Å². The van der Waals surface area contributed by atoms with E-state index in [2.05, 4.69) is 28.7 Å². The molecule has 3 aromatic heterocycles. The summed E-state index contributed by atoms with van der Waals surface area (Å²) >= 11 is 0. The summed E-state index contributed by atoms with van der Waals surface area (Å²) in [5.74, 6) is 1.65. The minimum absolute atomic E-state index is 0.0500. The average Bonchev–Trinajstić information content (AvgIpc) is 3.30. The Hall–Kier alpha value is -3.25. The van der Waals surface area contributed by atoms with Gasteiger partial charge in [-0.2, -0.15) is 0 Å². The number of furan rings is 1. The second kappa shape index (κ2) is 7.54. The summed E-state index contributed by atoms with van der Waals surface area (Å²) in [6, 6.07) is 9.57. The molecule has 1 aromatic carbocycles. The maximum atomic E-state index is 13.1. The van der Waals surface area contributed by atoms with Crippen molar-refractivity contribution in [2.45, 2.75) is 39.3 Å². The van der Waals surface area contributed by atoms with Crippen molar-refractivity contribution in [1.29, 1.82) is 0 Å². The van der Waals surface area contributed by atoms with Gasteiger partial charge < -0.3 is 8.83 Å². The summed E-state index contributed by atoms with van der Waals surface area (Å²) in [6.07, 6.45) is 5.90. The predicted molar refractivity (Wildman–Crippen MR) is 114 cm³/mol. The molecular formula is C24H23N3O3. The van der Waals surface area contributed by atoms with E-state index in [4.69, 9.17) is 8.83 Å². The van der Waals surface area contributed by atoms with Crippen molar-refractivity contribution in [3.8, 4) is 11.6 Å². The lowest BCUT2D eigenvalue weighted by molar-refractivity contribution is 0.240. The van der Waals surface area contributed by atoms with Crippen LogP contribution < -0.4 is 5.43 Å². The zero-order valence-corrected chi connectivity index (χ0v) is 17.1. The SMILES string of the molecule is CC(C)c1ccc2occ(CN3CCc4nc(-c5ccco5)ncc4C3)c(=O)c2c1. The molecule has 30 heavy (non-hydrogen) atoms. The van der Waals surface area contributed by atoms with E-state index in [9.17, 15) is 4.79 Å². The molecule has 0 radical (unpaired) electrons. The van der Waals surface area contributed by atoms with E-state index in [1.54, 1.807) is 12.5 Å². The number of benzene rings is 1. The molecule has 0 atom stereocenters. The van der Waals surface area contributed by atoms with Crippen molar-refractivity contribution in [3.05, 3.63) is 81.7 Å². The van der Waals surface area contributed by atoms with E-state index in [1.165, 1.54) is 0 Å². The molecule has 0 bridgehead atoms. The Morgan fingerprint density at radius 3 is 2.90 bits per heavy atom. The van der Waals surface area contributed by atoms with Gasteiger partial charge in [0.05, 0.1) is 23.6 Å². The molecule has 5 rings (SSSR count). The van der Waals surface area contributed by atoms with E-state index >= 15 is 0 Å². The quantitative estimate of drug-likeness (QED) is 0.500. The van der Waals surface area contributed by atoms with Gasteiger partial charge in [-0.05, 0) is 35.7 Å². The minimum atomic E-state index is 0.0500. The van der Waals surface area contributed by atoms with Crippen LogP contribution in [0.1, 0.15) is 42.1 Å². The van der Waals surface area contributed by atoms with Crippen LogP contribution in [0.4, 0.5) is 0 Å². The Morgan fingerprint density at radius 2 is 2.10 bits per heavy atom. The number of fused-ring (bicyclic) bond motifs is 2. The van der Waals surface area contributed by atoms with Crippen molar-refractivity contribution in [1.82, 2.24) is 14.9 Å². The fourth-order valence-electron chi connectivity index (χ4n) is 3.93. The zero-order chi connectivity index (χ0) is 20.7.